The maximum atomic E-state index is 12.8. The van der Waals surface area contributed by atoms with Gasteiger partial charge in [-0.1, -0.05) is 12.1 Å². The molecule has 0 unspecified atom stereocenters. The van der Waals surface area contributed by atoms with Gasteiger partial charge in [0.1, 0.15) is 23.0 Å². The number of nitrogens with one attached hydrogen (secondary N) is 1. The fourth-order valence-corrected chi connectivity index (χ4v) is 5.59. The average Bonchev–Trinajstić information content (AvgIpc) is 2.92. The number of hydrogen-bond acceptors (Lipinski definition) is 6. The molecule has 1 aromatic carbocycles. The van der Waals surface area contributed by atoms with Crippen molar-refractivity contribution in [1.29, 1.82) is 0 Å². The van der Waals surface area contributed by atoms with Crippen molar-refractivity contribution in [3.63, 3.8) is 0 Å². The van der Waals surface area contributed by atoms with Gasteiger partial charge in [0, 0.05) is 15.7 Å². The van der Waals surface area contributed by atoms with Crippen molar-refractivity contribution < 1.29 is 23.9 Å². The molecule has 29 heavy (non-hydrogen) atoms. The van der Waals surface area contributed by atoms with Crippen molar-refractivity contribution in [1.82, 2.24) is 14.9 Å². The summed E-state index contributed by atoms with van der Waals surface area (Å²) >= 11 is 1.27. The van der Waals surface area contributed by atoms with E-state index in [1.807, 2.05) is 0 Å². The van der Waals surface area contributed by atoms with Crippen LogP contribution in [0.15, 0.2) is 24.3 Å². The van der Waals surface area contributed by atoms with Crippen molar-refractivity contribution in [2.75, 3.05) is 0 Å². The van der Waals surface area contributed by atoms with E-state index in [0.717, 1.165) is 0 Å². The number of thioether (sulfide) groups is 1. The first kappa shape index (κ1) is 19.2. The highest BCUT2D eigenvalue weighted by Gasteiger charge is 2.64. The van der Waals surface area contributed by atoms with Gasteiger partial charge in [-0.3, -0.25) is 9.59 Å². The van der Waals surface area contributed by atoms with E-state index in [0.29, 0.717) is 9.16 Å². The molecule has 2 N–H and O–H groups in total. The molecule has 3 atom stereocenters. The third-order valence-corrected chi connectivity index (χ3v) is 6.92. The molecule has 2 aliphatic rings. The first-order valence-electron chi connectivity index (χ1n) is 8.84. The normalized spacial score (nSPS) is 24.9. The summed E-state index contributed by atoms with van der Waals surface area (Å²) in [6, 6.07) is 4.11. The highest BCUT2D eigenvalue weighted by molar-refractivity contribution is 8.01. The van der Waals surface area contributed by atoms with Gasteiger partial charge in [0.15, 0.2) is 0 Å². The van der Waals surface area contributed by atoms with Crippen LogP contribution in [0.25, 0.3) is 11.0 Å². The maximum Gasteiger partial charge on any atom is 0.346 e. The molecule has 2 fully saturated rings. The van der Waals surface area contributed by atoms with Crippen molar-refractivity contribution in [2.45, 2.75) is 43.0 Å². The Kier molecular flexibility index (Phi) is 4.12. The first-order chi connectivity index (χ1) is 13.6. The Labute approximate surface area is 168 Å². The van der Waals surface area contributed by atoms with Gasteiger partial charge in [0.2, 0.25) is 5.91 Å². The zero-order chi connectivity index (χ0) is 21.2. The fraction of sp³-hybridized carbons (Fsp3) is 0.389. The number of carboxylic acids is 1. The number of aromatic nitrogens is 2. The topological polar surface area (TPSA) is 138 Å². The van der Waals surface area contributed by atoms with Gasteiger partial charge in [-0.25, -0.2) is 4.79 Å². The second-order valence-electron chi connectivity index (χ2n) is 7.56. The molecule has 0 saturated carbocycles. The third-order valence-electron chi connectivity index (χ3n) is 5.35. The first-order valence-corrected chi connectivity index (χ1v) is 9.72. The molecule has 0 bridgehead atoms. The molecule has 4 rings (SSSR count). The minimum absolute atomic E-state index is 0.0297. The smallest absolute Gasteiger partial charge is 0.346 e. The SMILES string of the molecule is Cc1c(C(=O)N[C@@H]2C(=O)N3[C@@H]2SC(C)(C)[C@@H]3C(=O)O)[n+](=O)c2ccccc2n1[O-]. The van der Waals surface area contributed by atoms with Gasteiger partial charge in [-0.2, -0.15) is 0 Å². The standard InChI is InChI=1S/C18H18N4O6S/c1-8-12(22(28)10-7-5-4-6-9(10)21(8)27)14(23)19-11-15(24)20-13(17(25)26)18(2,3)29-16(11)20/h4-7,11,13,16H,1-3H3,(H,19,23)(H,25,26)/t11-,13+,16-/m1/s1. The lowest BCUT2D eigenvalue weighted by molar-refractivity contribution is -0.468. The van der Waals surface area contributed by atoms with Gasteiger partial charge in [-0.15, -0.1) is 11.8 Å². The summed E-state index contributed by atoms with van der Waals surface area (Å²) in [5.41, 5.74) is -0.341. The number of carbonyl (C=O) groups excluding carboxylic acids is 2. The van der Waals surface area contributed by atoms with E-state index in [1.165, 1.54) is 35.7 Å². The van der Waals surface area contributed by atoms with E-state index in [1.54, 1.807) is 26.0 Å². The zero-order valence-electron chi connectivity index (χ0n) is 15.8. The van der Waals surface area contributed by atoms with Gasteiger partial charge >= 0.3 is 17.6 Å². The molecule has 0 radical (unpaired) electrons. The Morgan fingerprint density at radius 2 is 1.97 bits per heavy atom. The zero-order valence-corrected chi connectivity index (χ0v) is 16.6. The second-order valence-corrected chi connectivity index (χ2v) is 9.33. The maximum absolute atomic E-state index is 12.8. The van der Waals surface area contributed by atoms with Crippen LogP contribution in [0.5, 0.6) is 0 Å². The lowest BCUT2D eigenvalue weighted by atomic mass is 9.96. The van der Waals surface area contributed by atoms with E-state index in [-0.39, 0.29) is 16.7 Å². The van der Waals surface area contributed by atoms with Gasteiger partial charge in [0.05, 0.1) is 10.1 Å². The molecule has 152 valence electrons. The van der Waals surface area contributed by atoms with Crippen LogP contribution in [-0.4, -0.2) is 54.7 Å². The number of para-hydroxylation sites is 2. The highest BCUT2D eigenvalue weighted by atomic mass is 32.2. The number of carboxylic acid groups (broad SMARTS) is 1. The number of hydrogen-bond donors (Lipinski definition) is 2. The lowest BCUT2D eigenvalue weighted by Gasteiger charge is -2.43. The largest absolute Gasteiger partial charge is 0.805 e. The minimum atomic E-state index is -1.11. The number of β-lactam (4-membered cyclic amide) rings is 1. The molecule has 11 heteroatoms. The molecule has 2 amide bonds. The van der Waals surface area contributed by atoms with Crippen molar-refractivity contribution in [3.8, 4) is 0 Å². The van der Waals surface area contributed by atoms with E-state index < -0.39 is 45.7 Å². The number of rotatable bonds is 3. The Morgan fingerprint density at radius 3 is 2.62 bits per heavy atom. The molecule has 10 nitrogen and oxygen atoms in total. The Bertz CT molecular complexity index is 1140. The van der Waals surface area contributed by atoms with Crippen LogP contribution in [0.2, 0.25) is 0 Å². The molecule has 2 aromatic rings. The summed E-state index contributed by atoms with van der Waals surface area (Å²) in [5.74, 6) is -2.50. The predicted molar refractivity (Wildman–Crippen MR) is 104 cm³/mol. The molecule has 1 aromatic heterocycles. The number of fused-ring (bicyclic) bond motifs is 2. The lowest BCUT2D eigenvalue weighted by Crippen LogP contribution is -2.70. The highest BCUT2D eigenvalue weighted by Crippen LogP contribution is 2.50. The average molecular weight is 418 g/mol. The molecule has 2 aliphatic heterocycles. The minimum Gasteiger partial charge on any atom is -0.805 e. The van der Waals surface area contributed by atoms with Crippen LogP contribution in [0.3, 0.4) is 0 Å². The van der Waals surface area contributed by atoms with E-state index in [4.69, 9.17) is 0 Å². The summed E-state index contributed by atoms with van der Waals surface area (Å²) in [6.45, 7) is 4.80. The van der Waals surface area contributed by atoms with Crippen LogP contribution in [0.1, 0.15) is 30.0 Å². The monoisotopic (exact) mass is 418 g/mol. The third kappa shape index (κ3) is 2.60. The number of amides is 2. The molecule has 2 saturated heterocycles. The van der Waals surface area contributed by atoms with E-state index in [2.05, 4.69) is 5.32 Å². The van der Waals surface area contributed by atoms with Crippen LogP contribution < -0.4 is 9.74 Å². The van der Waals surface area contributed by atoms with Crippen molar-refractivity contribution in [2.24, 2.45) is 0 Å². The summed E-state index contributed by atoms with van der Waals surface area (Å²) in [5, 5.41) is 23.9. The summed E-state index contributed by atoms with van der Waals surface area (Å²) in [4.78, 5) is 50.9. The van der Waals surface area contributed by atoms with Crippen LogP contribution in [0, 0.1) is 17.0 Å². The predicted octanol–water partition coefficient (Wildman–Crippen LogP) is 0.455. The molecular weight excluding hydrogens is 400 g/mol. The van der Waals surface area contributed by atoms with E-state index in [9.17, 15) is 29.6 Å². The Balaban J connectivity index is 1.66. The number of aliphatic carboxylic acids is 1. The number of carbonyl (C=O) groups is 3. The molecule has 0 spiro atoms. The summed E-state index contributed by atoms with van der Waals surface area (Å²) < 4.78 is 0.142. The molecule has 0 aliphatic carbocycles. The van der Waals surface area contributed by atoms with Gasteiger partial charge < -0.3 is 25.3 Å². The molecular formula is C18H18N4O6S. The van der Waals surface area contributed by atoms with Crippen LogP contribution >= 0.6 is 11.8 Å². The quantitative estimate of drug-likeness (QED) is 0.545. The molecule has 3 heterocycles. The number of benzene rings is 1. The summed E-state index contributed by atoms with van der Waals surface area (Å²) in [7, 11) is 0. The Hall–Kier alpha value is -3.08. The van der Waals surface area contributed by atoms with Crippen LogP contribution in [-0.2, 0) is 9.59 Å². The van der Waals surface area contributed by atoms with Crippen LogP contribution in [0.4, 0.5) is 0 Å². The fourth-order valence-electron chi connectivity index (χ4n) is 3.96. The van der Waals surface area contributed by atoms with E-state index >= 15 is 0 Å². The van der Waals surface area contributed by atoms with Gasteiger partial charge in [0.25, 0.3) is 5.52 Å². The second kappa shape index (κ2) is 6.21. The van der Waals surface area contributed by atoms with Gasteiger partial charge in [-0.05, 0) is 26.8 Å². The van der Waals surface area contributed by atoms with Crippen molar-refractivity contribution >= 4 is 40.6 Å². The summed E-state index contributed by atoms with van der Waals surface area (Å²) in [6.07, 6.45) is 0. The van der Waals surface area contributed by atoms with Crippen molar-refractivity contribution in [3.05, 3.63) is 45.8 Å². The number of nitrogens with zero attached hydrogens (tertiary/aromatic N) is 3. The Morgan fingerprint density at radius 1 is 1.31 bits per heavy atom.